The predicted molar refractivity (Wildman–Crippen MR) is 39.6 cm³/mol. The van der Waals surface area contributed by atoms with Gasteiger partial charge in [0.25, 0.3) is 0 Å². The molecule has 0 saturated heterocycles. The van der Waals surface area contributed by atoms with E-state index < -0.39 is 42.2 Å². The summed E-state index contributed by atoms with van der Waals surface area (Å²) in [5.74, 6) is -9.11. The second-order valence-corrected chi connectivity index (χ2v) is 2.57. The minimum Gasteiger partial charge on any atom is -0.428 e. The molecule has 0 fully saturated rings. The second kappa shape index (κ2) is 5.11. The first kappa shape index (κ1) is 13.4. The average Bonchev–Trinajstić information content (AvgIpc) is 2.18. The summed E-state index contributed by atoms with van der Waals surface area (Å²) in [6, 6.07) is -0.113. The number of halogens is 7. The minimum atomic E-state index is -3.61. The van der Waals surface area contributed by atoms with Gasteiger partial charge in [-0.15, -0.1) is 0 Å². The minimum absolute atomic E-state index is 0.113. The van der Waals surface area contributed by atoms with Crippen molar-refractivity contribution in [2.75, 3.05) is 0 Å². The number of benzene rings is 1. The largest absolute Gasteiger partial charge is 0.428 e. The first-order valence-corrected chi connectivity index (χ1v) is 3.90. The van der Waals surface area contributed by atoms with Crippen LogP contribution in [-0.2, 0) is 0 Å². The molecular weight excluding hydrogens is 261 g/mol. The maximum Gasteiger partial charge on any atom is 0.387 e. The van der Waals surface area contributed by atoms with Gasteiger partial charge in [-0.05, 0) is 0 Å². The molecule has 0 amide bonds. The summed E-state index contributed by atoms with van der Waals surface area (Å²) in [6.45, 7) is -7.22. The Balaban J connectivity index is 3.22. The lowest BCUT2D eigenvalue weighted by atomic mass is 10.3. The van der Waals surface area contributed by atoms with E-state index in [4.69, 9.17) is 0 Å². The van der Waals surface area contributed by atoms with Crippen LogP contribution in [0.15, 0.2) is 6.07 Å². The number of rotatable bonds is 4. The Kier molecular flexibility index (Phi) is 4.02. The summed E-state index contributed by atoms with van der Waals surface area (Å²) in [6.07, 6.45) is 0. The van der Waals surface area contributed by atoms with Crippen molar-refractivity contribution in [1.29, 1.82) is 0 Å². The zero-order chi connectivity index (χ0) is 13.2. The van der Waals surface area contributed by atoms with Gasteiger partial charge in [-0.2, -0.15) is 22.0 Å². The van der Waals surface area contributed by atoms with Crippen LogP contribution < -0.4 is 9.47 Å². The molecule has 1 rings (SSSR count). The van der Waals surface area contributed by atoms with Crippen molar-refractivity contribution < 1.29 is 40.2 Å². The standard InChI is InChI=1S/C8H3F7O2/c9-2-1-3(10)6(17-8(14)15)4(11)5(2)16-7(12)13/h1,7-8H. The van der Waals surface area contributed by atoms with Gasteiger partial charge < -0.3 is 9.47 Å². The highest BCUT2D eigenvalue weighted by atomic mass is 19.3. The summed E-state index contributed by atoms with van der Waals surface area (Å²) in [4.78, 5) is 0. The highest BCUT2D eigenvalue weighted by molar-refractivity contribution is 5.38. The van der Waals surface area contributed by atoms with E-state index in [-0.39, 0.29) is 6.07 Å². The molecule has 0 spiro atoms. The highest BCUT2D eigenvalue weighted by Crippen LogP contribution is 2.34. The van der Waals surface area contributed by atoms with Crippen molar-refractivity contribution in [3.8, 4) is 11.5 Å². The molecule has 1 aromatic carbocycles. The van der Waals surface area contributed by atoms with Crippen molar-refractivity contribution in [3.05, 3.63) is 23.5 Å². The lowest BCUT2D eigenvalue weighted by Crippen LogP contribution is -2.10. The van der Waals surface area contributed by atoms with Crippen LogP contribution in [0.5, 0.6) is 11.5 Å². The lowest BCUT2D eigenvalue weighted by Gasteiger charge is -2.11. The number of alkyl halides is 4. The van der Waals surface area contributed by atoms with Gasteiger partial charge in [-0.3, -0.25) is 0 Å². The van der Waals surface area contributed by atoms with Crippen molar-refractivity contribution in [1.82, 2.24) is 0 Å². The number of hydrogen-bond acceptors (Lipinski definition) is 2. The normalized spacial score (nSPS) is 11.1. The molecule has 0 unspecified atom stereocenters. The van der Waals surface area contributed by atoms with E-state index in [1.54, 1.807) is 0 Å². The van der Waals surface area contributed by atoms with Crippen molar-refractivity contribution >= 4 is 0 Å². The van der Waals surface area contributed by atoms with Crippen LogP contribution in [0.4, 0.5) is 30.7 Å². The van der Waals surface area contributed by atoms with Crippen molar-refractivity contribution in [3.63, 3.8) is 0 Å². The molecule has 0 radical (unpaired) electrons. The molecule has 0 aliphatic rings. The summed E-state index contributed by atoms with van der Waals surface area (Å²) in [5.41, 5.74) is 0. The van der Waals surface area contributed by atoms with E-state index in [0.29, 0.717) is 0 Å². The van der Waals surface area contributed by atoms with Gasteiger partial charge in [0.1, 0.15) is 0 Å². The fraction of sp³-hybridized carbons (Fsp3) is 0.250. The van der Waals surface area contributed by atoms with Crippen molar-refractivity contribution in [2.24, 2.45) is 0 Å². The third-order valence-electron chi connectivity index (χ3n) is 1.50. The Morgan fingerprint density at radius 3 is 1.41 bits per heavy atom. The fourth-order valence-electron chi connectivity index (χ4n) is 0.949. The number of ether oxygens (including phenoxy) is 2. The van der Waals surface area contributed by atoms with Gasteiger partial charge >= 0.3 is 13.2 Å². The third-order valence-corrected chi connectivity index (χ3v) is 1.50. The van der Waals surface area contributed by atoms with Crippen LogP contribution in [0.3, 0.4) is 0 Å². The third kappa shape index (κ3) is 3.14. The van der Waals surface area contributed by atoms with Crippen molar-refractivity contribution in [2.45, 2.75) is 13.2 Å². The molecule has 0 aromatic heterocycles. The van der Waals surface area contributed by atoms with E-state index in [0.717, 1.165) is 0 Å². The molecule has 0 bridgehead atoms. The Morgan fingerprint density at radius 1 is 0.765 bits per heavy atom. The van der Waals surface area contributed by atoms with E-state index in [2.05, 4.69) is 9.47 Å². The van der Waals surface area contributed by atoms with Crippen LogP contribution in [-0.4, -0.2) is 13.2 Å². The summed E-state index contributed by atoms with van der Waals surface area (Å²) in [5, 5.41) is 0. The Hall–Kier alpha value is -1.67. The van der Waals surface area contributed by atoms with Crippen LogP contribution in [0.25, 0.3) is 0 Å². The molecule has 17 heavy (non-hydrogen) atoms. The van der Waals surface area contributed by atoms with Gasteiger partial charge in [-0.25, -0.2) is 8.78 Å². The van der Waals surface area contributed by atoms with Gasteiger partial charge in [0.2, 0.25) is 17.3 Å². The van der Waals surface area contributed by atoms with Crippen LogP contribution in [0.2, 0.25) is 0 Å². The molecule has 0 heterocycles. The van der Waals surface area contributed by atoms with Gasteiger partial charge in [0, 0.05) is 6.07 Å². The van der Waals surface area contributed by atoms with Gasteiger partial charge in [-0.1, -0.05) is 0 Å². The second-order valence-electron chi connectivity index (χ2n) is 2.57. The lowest BCUT2D eigenvalue weighted by molar-refractivity contribution is -0.0622. The van der Waals surface area contributed by atoms with E-state index >= 15 is 0 Å². The van der Waals surface area contributed by atoms with Gasteiger partial charge in [0.15, 0.2) is 11.6 Å². The number of hydrogen-bond donors (Lipinski definition) is 0. The first-order valence-electron chi connectivity index (χ1n) is 3.90. The molecular formula is C8H3F7O2. The zero-order valence-electron chi connectivity index (χ0n) is 7.69. The molecule has 0 saturated carbocycles. The Bertz CT molecular complexity index is 373. The summed E-state index contributed by atoms with van der Waals surface area (Å²) in [7, 11) is 0. The fourth-order valence-corrected chi connectivity index (χ4v) is 0.949. The molecule has 0 N–H and O–H groups in total. The average molecular weight is 264 g/mol. The molecule has 1 aromatic rings. The molecule has 0 aliphatic heterocycles. The molecule has 0 atom stereocenters. The molecule has 9 heteroatoms. The SMILES string of the molecule is Fc1cc(F)c(OC(F)F)c(F)c1OC(F)F. The summed E-state index contributed by atoms with van der Waals surface area (Å²) >= 11 is 0. The topological polar surface area (TPSA) is 18.5 Å². The Morgan fingerprint density at radius 2 is 1.12 bits per heavy atom. The van der Waals surface area contributed by atoms with Crippen LogP contribution in [0.1, 0.15) is 0 Å². The first-order chi connectivity index (χ1) is 7.82. The predicted octanol–water partition coefficient (Wildman–Crippen LogP) is 3.31. The van der Waals surface area contributed by atoms with E-state index in [9.17, 15) is 30.7 Å². The zero-order valence-corrected chi connectivity index (χ0v) is 7.69. The quantitative estimate of drug-likeness (QED) is 0.777. The van der Waals surface area contributed by atoms with Crippen LogP contribution in [0, 0.1) is 17.5 Å². The van der Waals surface area contributed by atoms with Crippen LogP contribution >= 0.6 is 0 Å². The highest BCUT2D eigenvalue weighted by Gasteiger charge is 2.25. The maximum atomic E-state index is 13.1. The van der Waals surface area contributed by atoms with Gasteiger partial charge in [0.05, 0.1) is 0 Å². The van der Waals surface area contributed by atoms with E-state index in [1.807, 2.05) is 0 Å². The molecule has 2 nitrogen and oxygen atoms in total. The summed E-state index contributed by atoms with van der Waals surface area (Å²) < 4.78 is 92.4. The maximum absolute atomic E-state index is 13.1. The smallest absolute Gasteiger partial charge is 0.387 e. The molecule has 96 valence electrons. The molecule has 0 aliphatic carbocycles. The van der Waals surface area contributed by atoms with E-state index in [1.165, 1.54) is 0 Å². The monoisotopic (exact) mass is 264 g/mol. The Labute approximate surface area is 89.5 Å².